The van der Waals surface area contributed by atoms with Crippen molar-refractivity contribution in [2.45, 2.75) is 20.3 Å². The predicted molar refractivity (Wildman–Crippen MR) is 163 cm³/mol. The summed E-state index contributed by atoms with van der Waals surface area (Å²) in [5.41, 5.74) is 6.96. The maximum Gasteiger partial charge on any atom is 0.258 e. The number of carbonyl (C=O) groups excluding carboxylic acids is 2. The molecular weight excluding hydrogens is 518 g/mol. The second kappa shape index (κ2) is 11.2. The Labute approximate surface area is 239 Å². The molecule has 1 aromatic heterocycles. The standard InChI is InChI=1S/C32H33N5O2S/c1-22-8-6-7-11-27(22)31(39)37-15-14-24-20-25(12-13-28(24)37)30-23(2)40-32(34-30)33-29(38)21-35-16-18-36(19-17-35)26-9-4-3-5-10-26/h3-13,20H,14-19,21H2,1-2H3,(H,33,34,38). The van der Waals surface area contributed by atoms with Crippen molar-refractivity contribution in [2.75, 3.05) is 54.4 Å². The van der Waals surface area contributed by atoms with E-state index in [4.69, 9.17) is 4.98 Å². The van der Waals surface area contributed by atoms with Crippen molar-refractivity contribution in [3.63, 3.8) is 0 Å². The fourth-order valence-electron chi connectivity index (χ4n) is 5.60. The lowest BCUT2D eigenvalue weighted by molar-refractivity contribution is -0.117. The Kier molecular flexibility index (Phi) is 7.36. The van der Waals surface area contributed by atoms with E-state index in [1.807, 2.05) is 61.2 Å². The van der Waals surface area contributed by atoms with Crippen LogP contribution in [-0.4, -0.2) is 61.0 Å². The average molecular weight is 552 g/mol. The molecule has 0 unspecified atom stereocenters. The molecule has 204 valence electrons. The number of aryl methyl sites for hydroxylation is 2. The van der Waals surface area contributed by atoms with E-state index >= 15 is 0 Å². The summed E-state index contributed by atoms with van der Waals surface area (Å²) in [5, 5.41) is 3.64. The first-order valence-electron chi connectivity index (χ1n) is 13.8. The summed E-state index contributed by atoms with van der Waals surface area (Å²) in [6.07, 6.45) is 0.811. The van der Waals surface area contributed by atoms with Gasteiger partial charge in [0, 0.05) is 60.1 Å². The third-order valence-electron chi connectivity index (χ3n) is 7.77. The van der Waals surface area contributed by atoms with Gasteiger partial charge in [0.1, 0.15) is 0 Å². The molecule has 2 amide bonds. The third-order valence-corrected chi connectivity index (χ3v) is 8.66. The van der Waals surface area contributed by atoms with Crippen molar-refractivity contribution in [3.05, 3.63) is 94.4 Å². The number of aromatic nitrogens is 1. The maximum atomic E-state index is 13.2. The fourth-order valence-corrected chi connectivity index (χ4v) is 6.45. The quantitative estimate of drug-likeness (QED) is 0.348. The molecule has 0 radical (unpaired) electrons. The van der Waals surface area contributed by atoms with E-state index in [1.54, 1.807) is 0 Å². The number of para-hydroxylation sites is 1. The Morgan fingerprint density at radius 2 is 1.65 bits per heavy atom. The lowest BCUT2D eigenvalue weighted by Gasteiger charge is -2.35. The monoisotopic (exact) mass is 551 g/mol. The van der Waals surface area contributed by atoms with Crippen LogP contribution in [0.1, 0.15) is 26.4 Å². The van der Waals surface area contributed by atoms with Crippen LogP contribution in [0.4, 0.5) is 16.5 Å². The van der Waals surface area contributed by atoms with Gasteiger partial charge in [0.05, 0.1) is 12.2 Å². The SMILES string of the molecule is Cc1ccccc1C(=O)N1CCc2cc(-c3nc(NC(=O)CN4CCN(c5ccccc5)CC4)sc3C)ccc21. The van der Waals surface area contributed by atoms with Crippen molar-refractivity contribution in [1.82, 2.24) is 9.88 Å². The largest absolute Gasteiger partial charge is 0.369 e. The molecule has 0 bridgehead atoms. The highest BCUT2D eigenvalue weighted by molar-refractivity contribution is 7.16. The Morgan fingerprint density at radius 1 is 0.900 bits per heavy atom. The molecule has 1 N–H and O–H groups in total. The highest BCUT2D eigenvalue weighted by Crippen LogP contribution is 2.36. The Hall–Kier alpha value is -4.01. The van der Waals surface area contributed by atoms with Crippen LogP contribution >= 0.6 is 11.3 Å². The molecule has 0 saturated carbocycles. The Balaban J connectivity index is 1.09. The third kappa shape index (κ3) is 5.37. The van der Waals surface area contributed by atoms with Crippen molar-refractivity contribution in [3.8, 4) is 11.3 Å². The minimum absolute atomic E-state index is 0.0345. The summed E-state index contributed by atoms with van der Waals surface area (Å²) < 4.78 is 0. The van der Waals surface area contributed by atoms with Crippen LogP contribution in [0, 0.1) is 13.8 Å². The summed E-state index contributed by atoms with van der Waals surface area (Å²) >= 11 is 1.50. The molecule has 2 aliphatic rings. The normalized spacial score (nSPS) is 15.2. The fraction of sp³-hybridized carbons (Fsp3) is 0.281. The first-order valence-corrected chi connectivity index (χ1v) is 14.6. The van der Waals surface area contributed by atoms with Crippen LogP contribution in [-0.2, 0) is 11.2 Å². The molecule has 4 aromatic rings. The number of hydrogen-bond acceptors (Lipinski definition) is 6. The van der Waals surface area contributed by atoms with E-state index in [0.717, 1.165) is 71.1 Å². The Bertz CT molecular complexity index is 1540. The maximum absolute atomic E-state index is 13.2. The number of nitrogens with zero attached hydrogens (tertiary/aromatic N) is 4. The molecule has 1 fully saturated rings. The lowest BCUT2D eigenvalue weighted by Crippen LogP contribution is -2.48. The predicted octanol–water partition coefficient (Wildman–Crippen LogP) is 5.39. The average Bonchev–Trinajstić information content (AvgIpc) is 3.56. The number of thiazole rings is 1. The smallest absolute Gasteiger partial charge is 0.258 e. The number of piperazine rings is 1. The number of carbonyl (C=O) groups is 2. The minimum Gasteiger partial charge on any atom is -0.369 e. The van der Waals surface area contributed by atoms with Gasteiger partial charge in [-0.3, -0.25) is 14.5 Å². The zero-order valence-electron chi connectivity index (χ0n) is 22.9. The molecule has 2 aliphatic heterocycles. The number of rotatable bonds is 6. The van der Waals surface area contributed by atoms with E-state index < -0.39 is 0 Å². The van der Waals surface area contributed by atoms with Gasteiger partial charge < -0.3 is 15.1 Å². The minimum atomic E-state index is -0.0345. The van der Waals surface area contributed by atoms with Crippen LogP contribution in [0.25, 0.3) is 11.3 Å². The number of benzene rings is 3. The van der Waals surface area contributed by atoms with E-state index in [-0.39, 0.29) is 11.8 Å². The summed E-state index contributed by atoms with van der Waals surface area (Å²) in [4.78, 5) is 38.4. The molecule has 1 saturated heterocycles. The van der Waals surface area contributed by atoms with Crippen molar-refractivity contribution >= 4 is 39.7 Å². The second-order valence-electron chi connectivity index (χ2n) is 10.4. The van der Waals surface area contributed by atoms with Gasteiger partial charge in [-0.1, -0.05) is 42.5 Å². The molecular formula is C32H33N5O2S. The summed E-state index contributed by atoms with van der Waals surface area (Å²) in [6, 6.07) is 24.3. The van der Waals surface area contributed by atoms with Crippen molar-refractivity contribution in [2.24, 2.45) is 0 Å². The van der Waals surface area contributed by atoms with E-state index in [2.05, 4.69) is 45.4 Å². The van der Waals surface area contributed by atoms with Crippen LogP contribution in [0.3, 0.4) is 0 Å². The molecule has 6 rings (SSSR count). The number of nitrogens with one attached hydrogen (secondary N) is 1. The summed E-state index contributed by atoms with van der Waals surface area (Å²) in [6.45, 7) is 8.55. The summed E-state index contributed by atoms with van der Waals surface area (Å²) in [5.74, 6) is 0.00805. The zero-order valence-corrected chi connectivity index (χ0v) is 23.7. The summed E-state index contributed by atoms with van der Waals surface area (Å²) in [7, 11) is 0. The second-order valence-corrected chi connectivity index (χ2v) is 11.6. The molecule has 8 heteroatoms. The van der Waals surface area contributed by atoms with Gasteiger partial charge in [-0.05, 0) is 61.7 Å². The zero-order chi connectivity index (χ0) is 27.6. The molecule has 40 heavy (non-hydrogen) atoms. The van der Waals surface area contributed by atoms with Crippen molar-refractivity contribution < 1.29 is 9.59 Å². The number of hydrogen-bond donors (Lipinski definition) is 1. The van der Waals surface area contributed by atoms with Crippen molar-refractivity contribution in [1.29, 1.82) is 0 Å². The highest BCUT2D eigenvalue weighted by atomic mass is 32.1. The lowest BCUT2D eigenvalue weighted by atomic mass is 10.0. The van der Waals surface area contributed by atoms with E-state index in [0.29, 0.717) is 18.2 Å². The van der Waals surface area contributed by atoms with Gasteiger partial charge in [-0.2, -0.15) is 0 Å². The number of fused-ring (bicyclic) bond motifs is 1. The topological polar surface area (TPSA) is 68.8 Å². The van der Waals surface area contributed by atoms with Crippen LogP contribution in [0.5, 0.6) is 0 Å². The number of amides is 2. The molecule has 3 heterocycles. The van der Waals surface area contributed by atoms with Gasteiger partial charge in [0.25, 0.3) is 5.91 Å². The Morgan fingerprint density at radius 3 is 2.42 bits per heavy atom. The molecule has 3 aromatic carbocycles. The van der Waals surface area contributed by atoms with Crippen LogP contribution < -0.4 is 15.1 Å². The van der Waals surface area contributed by atoms with Gasteiger partial charge in [-0.15, -0.1) is 11.3 Å². The van der Waals surface area contributed by atoms with Gasteiger partial charge in [0.15, 0.2) is 5.13 Å². The van der Waals surface area contributed by atoms with Gasteiger partial charge >= 0.3 is 0 Å². The first-order chi connectivity index (χ1) is 19.5. The molecule has 0 aliphatic carbocycles. The molecule has 7 nitrogen and oxygen atoms in total. The van der Waals surface area contributed by atoms with Crippen LogP contribution in [0.15, 0.2) is 72.8 Å². The van der Waals surface area contributed by atoms with E-state index in [1.165, 1.54) is 17.0 Å². The van der Waals surface area contributed by atoms with E-state index in [9.17, 15) is 9.59 Å². The first kappa shape index (κ1) is 26.2. The highest BCUT2D eigenvalue weighted by Gasteiger charge is 2.27. The van der Waals surface area contributed by atoms with Crippen LogP contribution in [0.2, 0.25) is 0 Å². The number of anilines is 3. The molecule has 0 spiro atoms. The van der Waals surface area contributed by atoms with Gasteiger partial charge in [0.2, 0.25) is 5.91 Å². The molecule has 0 atom stereocenters. The van der Waals surface area contributed by atoms with Gasteiger partial charge in [-0.25, -0.2) is 4.98 Å².